The van der Waals surface area contributed by atoms with E-state index in [2.05, 4.69) is 0 Å². The number of carbonyl (C=O) groups is 2. The molecule has 4 heteroatoms. The van der Waals surface area contributed by atoms with Gasteiger partial charge in [0.05, 0.1) is 5.97 Å². The van der Waals surface area contributed by atoms with Crippen molar-refractivity contribution in [2.75, 3.05) is 0 Å². The molecule has 0 aromatic rings. The minimum atomic E-state index is -1.38. The van der Waals surface area contributed by atoms with Crippen molar-refractivity contribution in [1.82, 2.24) is 0 Å². The number of fused-ring (bicyclic) bond motifs is 2. The fourth-order valence-electron chi connectivity index (χ4n) is 2.66. The van der Waals surface area contributed by atoms with E-state index < -0.39 is 11.9 Å². The molecule has 2 fully saturated rings. The Morgan fingerprint density at radius 3 is 2.53 bits per heavy atom. The maximum atomic E-state index is 11.2. The Balaban J connectivity index is 1.82. The maximum absolute atomic E-state index is 11.2. The molecule has 0 aromatic carbocycles. The van der Waals surface area contributed by atoms with Crippen LogP contribution in [0.3, 0.4) is 0 Å². The van der Waals surface area contributed by atoms with Gasteiger partial charge in [-0.3, -0.25) is 0 Å². The van der Waals surface area contributed by atoms with Gasteiger partial charge in [-0.05, 0) is 43.6 Å². The van der Waals surface area contributed by atoms with Crippen molar-refractivity contribution in [2.45, 2.75) is 31.8 Å². The van der Waals surface area contributed by atoms with Crippen molar-refractivity contribution in [2.24, 2.45) is 11.8 Å². The van der Waals surface area contributed by atoms with Crippen LogP contribution in [-0.4, -0.2) is 18.0 Å². The molecule has 0 amide bonds. The first-order chi connectivity index (χ1) is 7.15. The van der Waals surface area contributed by atoms with Crippen LogP contribution in [0.2, 0.25) is 0 Å². The molecule has 2 aliphatic carbocycles. The highest BCUT2D eigenvalue weighted by molar-refractivity contribution is 5.89. The third kappa shape index (κ3) is 2.37. The Labute approximate surface area is 87.9 Å². The molecule has 2 bridgehead atoms. The van der Waals surface area contributed by atoms with Crippen LogP contribution in [0.4, 0.5) is 0 Å². The maximum Gasteiger partial charge on any atom is 0.331 e. The Bertz CT molecular complexity index is 308. The molecule has 0 radical (unpaired) electrons. The molecule has 0 heterocycles. The van der Waals surface area contributed by atoms with Gasteiger partial charge in [0.1, 0.15) is 6.10 Å². The zero-order valence-corrected chi connectivity index (χ0v) is 8.35. The summed E-state index contributed by atoms with van der Waals surface area (Å²) in [5, 5.41) is 10.1. The predicted octanol–water partition coefficient (Wildman–Crippen LogP) is 0.0243. The lowest BCUT2D eigenvalue weighted by atomic mass is 9.98. The molecule has 3 atom stereocenters. The van der Waals surface area contributed by atoms with E-state index in [1.807, 2.05) is 0 Å². The average Bonchev–Trinajstić information content (AvgIpc) is 2.76. The molecule has 4 nitrogen and oxygen atoms in total. The van der Waals surface area contributed by atoms with Gasteiger partial charge in [-0.25, -0.2) is 4.79 Å². The molecule has 0 aliphatic heterocycles. The van der Waals surface area contributed by atoms with Gasteiger partial charge in [-0.1, -0.05) is 0 Å². The number of ether oxygens (including phenoxy) is 1. The zero-order chi connectivity index (χ0) is 10.8. The summed E-state index contributed by atoms with van der Waals surface area (Å²) in [6, 6.07) is 0. The highest BCUT2D eigenvalue weighted by Crippen LogP contribution is 2.45. The first kappa shape index (κ1) is 10.2. The first-order valence-corrected chi connectivity index (χ1v) is 5.25. The van der Waals surface area contributed by atoms with Crippen LogP contribution < -0.4 is 5.11 Å². The first-order valence-electron chi connectivity index (χ1n) is 5.25. The van der Waals surface area contributed by atoms with E-state index in [-0.39, 0.29) is 6.10 Å². The van der Waals surface area contributed by atoms with Gasteiger partial charge in [0.15, 0.2) is 0 Å². The van der Waals surface area contributed by atoms with Gasteiger partial charge in [0.25, 0.3) is 0 Å². The minimum absolute atomic E-state index is 0.00246. The number of esters is 1. The summed E-state index contributed by atoms with van der Waals surface area (Å²) in [5.74, 6) is -0.745. The topological polar surface area (TPSA) is 66.4 Å². The van der Waals surface area contributed by atoms with Gasteiger partial charge in [0.2, 0.25) is 0 Å². The van der Waals surface area contributed by atoms with Crippen LogP contribution in [0.15, 0.2) is 12.2 Å². The lowest BCUT2D eigenvalue weighted by molar-refractivity contribution is -0.297. The largest absolute Gasteiger partial charge is 0.545 e. The number of rotatable bonds is 3. The molecule has 2 aliphatic rings. The highest BCUT2D eigenvalue weighted by atomic mass is 16.5. The van der Waals surface area contributed by atoms with Crippen LogP contribution in [0.25, 0.3) is 0 Å². The fourth-order valence-corrected chi connectivity index (χ4v) is 2.66. The molecule has 0 N–H and O–H groups in total. The molecular weight excluding hydrogens is 196 g/mol. The Morgan fingerprint density at radius 1 is 1.20 bits per heavy atom. The summed E-state index contributed by atoms with van der Waals surface area (Å²) in [7, 11) is 0. The zero-order valence-electron chi connectivity index (χ0n) is 8.35. The summed E-state index contributed by atoms with van der Waals surface area (Å²) >= 11 is 0. The summed E-state index contributed by atoms with van der Waals surface area (Å²) < 4.78 is 5.18. The number of hydrogen-bond donors (Lipinski definition) is 0. The van der Waals surface area contributed by atoms with Crippen molar-refractivity contribution in [3.05, 3.63) is 12.2 Å². The predicted molar refractivity (Wildman–Crippen MR) is 49.5 cm³/mol. The number of hydrogen-bond acceptors (Lipinski definition) is 4. The van der Waals surface area contributed by atoms with Crippen LogP contribution in [0.1, 0.15) is 25.7 Å². The van der Waals surface area contributed by atoms with E-state index in [0.29, 0.717) is 17.9 Å². The SMILES string of the molecule is O=C([O-])/C=C/C(=O)O[C@H]1C[C@@H]2CC[C@H]1C2. The molecule has 2 rings (SSSR count). The van der Waals surface area contributed by atoms with Crippen LogP contribution >= 0.6 is 0 Å². The van der Waals surface area contributed by atoms with Crippen molar-refractivity contribution < 1.29 is 19.4 Å². The third-order valence-corrected chi connectivity index (χ3v) is 3.30. The number of carbonyl (C=O) groups excluding carboxylic acids is 2. The third-order valence-electron chi connectivity index (χ3n) is 3.30. The number of carboxylic acid groups (broad SMARTS) is 1. The van der Waals surface area contributed by atoms with E-state index >= 15 is 0 Å². The summed E-state index contributed by atoms with van der Waals surface area (Å²) in [6.45, 7) is 0. The van der Waals surface area contributed by atoms with Crippen molar-refractivity contribution in [3.63, 3.8) is 0 Å². The molecule has 0 saturated heterocycles. The summed E-state index contributed by atoms with van der Waals surface area (Å²) in [4.78, 5) is 21.2. The molecule has 0 spiro atoms. The molecule has 0 unspecified atom stereocenters. The van der Waals surface area contributed by atoms with Crippen molar-refractivity contribution in [1.29, 1.82) is 0 Å². The fraction of sp³-hybridized carbons (Fsp3) is 0.636. The molecule has 0 aromatic heterocycles. The van der Waals surface area contributed by atoms with E-state index in [9.17, 15) is 14.7 Å². The second-order valence-electron chi connectivity index (χ2n) is 4.30. The van der Waals surface area contributed by atoms with Gasteiger partial charge in [-0.2, -0.15) is 0 Å². The van der Waals surface area contributed by atoms with E-state index in [0.717, 1.165) is 25.3 Å². The van der Waals surface area contributed by atoms with Crippen LogP contribution in [-0.2, 0) is 14.3 Å². The van der Waals surface area contributed by atoms with E-state index in [1.165, 1.54) is 6.42 Å². The quantitative estimate of drug-likeness (QED) is 0.485. The van der Waals surface area contributed by atoms with Crippen molar-refractivity contribution in [3.8, 4) is 0 Å². The van der Waals surface area contributed by atoms with Gasteiger partial charge < -0.3 is 14.6 Å². The lowest BCUT2D eigenvalue weighted by Crippen LogP contribution is -2.24. The monoisotopic (exact) mass is 209 g/mol. The standard InChI is InChI=1S/C11H14O4/c12-10(13)3-4-11(14)15-9-6-7-1-2-8(9)5-7/h3-4,7-9H,1-2,5-6H2,(H,12,13)/p-1/b4-3+/t7-,8+,9+/m1/s1. The normalized spacial score (nSPS) is 33.5. The Hall–Kier alpha value is -1.32. The molecule has 15 heavy (non-hydrogen) atoms. The van der Waals surface area contributed by atoms with Gasteiger partial charge in [-0.15, -0.1) is 0 Å². The average molecular weight is 209 g/mol. The lowest BCUT2D eigenvalue weighted by Gasteiger charge is -2.20. The smallest absolute Gasteiger partial charge is 0.331 e. The van der Waals surface area contributed by atoms with Crippen LogP contribution in [0, 0.1) is 11.8 Å². The number of aliphatic carboxylic acids is 1. The van der Waals surface area contributed by atoms with Crippen molar-refractivity contribution >= 4 is 11.9 Å². The van der Waals surface area contributed by atoms with Crippen LogP contribution in [0.5, 0.6) is 0 Å². The highest BCUT2D eigenvalue weighted by Gasteiger charge is 2.41. The second kappa shape index (κ2) is 4.04. The summed E-state index contributed by atoms with van der Waals surface area (Å²) in [5.41, 5.74) is 0. The molecular formula is C11H13O4-. The Kier molecular flexibility index (Phi) is 2.75. The molecule has 2 saturated carbocycles. The Morgan fingerprint density at radius 2 is 2.00 bits per heavy atom. The van der Waals surface area contributed by atoms with Gasteiger partial charge in [0, 0.05) is 6.08 Å². The van der Waals surface area contributed by atoms with E-state index in [4.69, 9.17) is 4.74 Å². The summed E-state index contributed by atoms with van der Waals surface area (Å²) in [6.07, 6.45) is 6.09. The second-order valence-corrected chi connectivity index (χ2v) is 4.30. The molecule has 82 valence electrons. The minimum Gasteiger partial charge on any atom is -0.545 e. The van der Waals surface area contributed by atoms with E-state index in [1.54, 1.807) is 0 Å². The van der Waals surface area contributed by atoms with Gasteiger partial charge >= 0.3 is 5.97 Å². The number of carboxylic acids is 1.